The van der Waals surface area contributed by atoms with Gasteiger partial charge in [0.1, 0.15) is 12.6 Å². The fourth-order valence-electron chi connectivity index (χ4n) is 3.32. The van der Waals surface area contributed by atoms with Crippen LogP contribution in [0.4, 0.5) is 11.4 Å². The molecule has 2 rings (SSSR count). The number of nitrogens with zero attached hydrogens (tertiary/aromatic N) is 3. The van der Waals surface area contributed by atoms with Gasteiger partial charge >= 0.3 is 0 Å². The Hall–Kier alpha value is -3.47. The van der Waals surface area contributed by atoms with E-state index in [-0.39, 0.29) is 23.8 Å². The van der Waals surface area contributed by atoms with Crippen LogP contribution in [-0.2, 0) is 26.2 Å². The number of aryl methyl sites for hydroxylation is 1. The van der Waals surface area contributed by atoms with E-state index in [1.165, 1.54) is 23.1 Å². The quantitative estimate of drug-likeness (QED) is 0.381. The number of benzene rings is 2. The number of nitro benzene ring substituents is 1. The summed E-state index contributed by atoms with van der Waals surface area (Å²) in [4.78, 5) is 38.0. The van der Waals surface area contributed by atoms with Gasteiger partial charge in [0.05, 0.1) is 16.9 Å². The van der Waals surface area contributed by atoms with Gasteiger partial charge in [-0.3, -0.25) is 24.0 Å². The Balaban J connectivity index is 2.42. The molecule has 0 heterocycles. The zero-order valence-electron chi connectivity index (χ0n) is 19.7. The Morgan fingerprint density at radius 1 is 1.15 bits per heavy atom. The number of hydrogen-bond donors (Lipinski definition) is 1. The molecule has 0 spiro atoms. The molecule has 0 saturated heterocycles. The van der Waals surface area contributed by atoms with E-state index < -0.39 is 33.4 Å². The number of non-ortho nitro benzene ring substituents is 1. The molecule has 11 heteroatoms. The molecule has 34 heavy (non-hydrogen) atoms. The van der Waals surface area contributed by atoms with Gasteiger partial charge in [0.2, 0.25) is 21.8 Å². The molecule has 0 radical (unpaired) electrons. The molecule has 0 fully saturated rings. The first-order valence-electron chi connectivity index (χ1n) is 10.8. The minimum atomic E-state index is -3.97. The molecule has 0 aliphatic rings. The molecule has 2 amide bonds. The first-order chi connectivity index (χ1) is 16.0. The molecule has 1 atom stereocenters. The summed E-state index contributed by atoms with van der Waals surface area (Å²) in [6.45, 7) is 5.30. The van der Waals surface area contributed by atoms with Gasteiger partial charge < -0.3 is 10.2 Å². The Labute approximate surface area is 199 Å². The monoisotopic (exact) mass is 490 g/mol. The zero-order valence-corrected chi connectivity index (χ0v) is 20.5. The second-order valence-corrected chi connectivity index (χ2v) is 9.87. The molecule has 1 N–H and O–H groups in total. The van der Waals surface area contributed by atoms with Crippen molar-refractivity contribution in [2.45, 2.75) is 39.8 Å². The minimum Gasteiger partial charge on any atom is -0.354 e. The molecule has 0 bridgehead atoms. The maximum Gasteiger partial charge on any atom is 0.271 e. The highest BCUT2D eigenvalue weighted by molar-refractivity contribution is 7.92. The van der Waals surface area contributed by atoms with Crippen molar-refractivity contribution >= 4 is 33.2 Å². The van der Waals surface area contributed by atoms with Crippen molar-refractivity contribution in [2.75, 3.05) is 23.7 Å². The van der Waals surface area contributed by atoms with Crippen LogP contribution in [0.2, 0.25) is 0 Å². The number of carbonyl (C=O) groups is 2. The average Bonchev–Trinajstić information content (AvgIpc) is 2.79. The van der Waals surface area contributed by atoms with E-state index in [0.29, 0.717) is 6.54 Å². The van der Waals surface area contributed by atoms with Gasteiger partial charge in [-0.1, -0.05) is 37.3 Å². The zero-order chi connectivity index (χ0) is 25.5. The number of carbonyl (C=O) groups excluding carboxylic acids is 2. The van der Waals surface area contributed by atoms with Crippen molar-refractivity contribution < 1.29 is 22.9 Å². The van der Waals surface area contributed by atoms with Crippen molar-refractivity contribution in [3.63, 3.8) is 0 Å². The van der Waals surface area contributed by atoms with Crippen LogP contribution in [0.5, 0.6) is 0 Å². The highest BCUT2D eigenvalue weighted by atomic mass is 32.2. The Bertz CT molecular complexity index is 1150. The van der Waals surface area contributed by atoms with Crippen LogP contribution in [0.15, 0.2) is 48.5 Å². The molecule has 0 aliphatic heterocycles. The third-order valence-corrected chi connectivity index (χ3v) is 6.47. The van der Waals surface area contributed by atoms with Gasteiger partial charge in [-0.25, -0.2) is 8.42 Å². The smallest absolute Gasteiger partial charge is 0.271 e. The average molecular weight is 491 g/mol. The number of sulfonamides is 1. The van der Waals surface area contributed by atoms with Gasteiger partial charge in [-0.2, -0.15) is 0 Å². The standard InChI is InChI=1S/C23H30N4O6S/c1-5-13-24-23(29)18(3)25(15-19-10-7-6-9-17(19)2)22(28)16-26(34(4,32)33)20-11-8-12-21(14-20)27(30)31/h6-12,14,18H,5,13,15-16H2,1-4H3,(H,24,29)/t18-/m0/s1. The van der Waals surface area contributed by atoms with Gasteiger partial charge in [0.15, 0.2) is 0 Å². The lowest BCUT2D eigenvalue weighted by Gasteiger charge is -2.31. The maximum atomic E-state index is 13.4. The second-order valence-electron chi connectivity index (χ2n) is 7.96. The second kappa shape index (κ2) is 11.6. The van der Waals surface area contributed by atoms with Crippen molar-refractivity contribution in [1.29, 1.82) is 0 Å². The van der Waals surface area contributed by atoms with E-state index in [1.807, 2.05) is 38.1 Å². The van der Waals surface area contributed by atoms with E-state index in [1.54, 1.807) is 6.92 Å². The summed E-state index contributed by atoms with van der Waals surface area (Å²) in [5, 5.41) is 13.9. The van der Waals surface area contributed by atoms with Crippen LogP contribution >= 0.6 is 0 Å². The number of hydrogen-bond acceptors (Lipinski definition) is 6. The van der Waals surface area contributed by atoms with Crippen LogP contribution < -0.4 is 9.62 Å². The molecule has 184 valence electrons. The molecule has 2 aromatic carbocycles. The first kappa shape index (κ1) is 26.8. The van der Waals surface area contributed by atoms with E-state index in [2.05, 4.69) is 5.32 Å². The summed E-state index contributed by atoms with van der Waals surface area (Å²) < 4.78 is 25.9. The summed E-state index contributed by atoms with van der Waals surface area (Å²) in [5.41, 5.74) is 1.42. The van der Waals surface area contributed by atoms with E-state index in [9.17, 15) is 28.1 Å². The Morgan fingerprint density at radius 3 is 2.41 bits per heavy atom. The summed E-state index contributed by atoms with van der Waals surface area (Å²) in [5.74, 6) is -0.968. The van der Waals surface area contributed by atoms with Crippen LogP contribution in [0.25, 0.3) is 0 Å². The summed E-state index contributed by atoms with van der Waals surface area (Å²) in [6.07, 6.45) is 1.64. The third-order valence-electron chi connectivity index (χ3n) is 5.33. The summed E-state index contributed by atoms with van der Waals surface area (Å²) >= 11 is 0. The van der Waals surface area contributed by atoms with Crippen LogP contribution in [0.1, 0.15) is 31.4 Å². The van der Waals surface area contributed by atoms with Crippen molar-refractivity contribution in [1.82, 2.24) is 10.2 Å². The van der Waals surface area contributed by atoms with Gasteiger partial charge in [-0.05, 0) is 37.5 Å². The van der Waals surface area contributed by atoms with Crippen LogP contribution in [0.3, 0.4) is 0 Å². The number of rotatable bonds is 11. The topological polar surface area (TPSA) is 130 Å². The molecule has 0 aromatic heterocycles. The predicted octanol–water partition coefficient (Wildman–Crippen LogP) is 2.61. The molecular weight excluding hydrogens is 460 g/mol. The lowest BCUT2D eigenvalue weighted by Crippen LogP contribution is -2.51. The first-order valence-corrected chi connectivity index (χ1v) is 12.6. The fourth-order valence-corrected chi connectivity index (χ4v) is 4.17. The summed E-state index contributed by atoms with van der Waals surface area (Å²) in [7, 11) is -3.97. The molecule has 10 nitrogen and oxygen atoms in total. The third kappa shape index (κ3) is 7.01. The highest BCUT2D eigenvalue weighted by Crippen LogP contribution is 2.24. The van der Waals surface area contributed by atoms with Crippen LogP contribution in [-0.4, -0.2) is 55.4 Å². The van der Waals surface area contributed by atoms with Crippen molar-refractivity contribution in [3.8, 4) is 0 Å². The fraction of sp³-hybridized carbons (Fsp3) is 0.391. The van der Waals surface area contributed by atoms with E-state index in [4.69, 9.17) is 0 Å². The minimum absolute atomic E-state index is 0.0102. The lowest BCUT2D eigenvalue weighted by atomic mass is 10.1. The van der Waals surface area contributed by atoms with E-state index in [0.717, 1.165) is 34.2 Å². The Morgan fingerprint density at radius 2 is 1.82 bits per heavy atom. The number of nitro groups is 1. The molecule has 0 aliphatic carbocycles. The number of anilines is 1. The normalized spacial score (nSPS) is 12.0. The van der Waals surface area contributed by atoms with E-state index >= 15 is 0 Å². The predicted molar refractivity (Wildman–Crippen MR) is 130 cm³/mol. The summed E-state index contributed by atoms with van der Waals surface area (Å²) in [6, 6.07) is 11.6. The molecule has 2 aromatic rings. The highest BCUT2D eigenvalue weighted by Gasteiger charge is 2.30. The largest absolute Gasteiger partial charge is 0.354 e. The Kier molecular flexibility index (Phi) is 9.13. The maximum absolute atomic E-state index is 13.4. The molecule has 0 unspecified atom stereocenters. The van der Waals surface area contributed by atoms with Gasteiger partial charge in [0, 0.05) is 25.2 Å². The van der Waals surface area contributed by atoms with Gasteiger partial charge in [0.25, 0.3) is 5.69 Å². The van der Waals surface area contributed by atoms with Crippen molar-refractivity contribution in [2.24, 2.45) is 0 Å². The molecule has 0 saturated carbocycles. The molecular formula is C23H30N4O6S. The lowest BCUT2D eigenvalue weighted by molar-refractivity contribution is -0.384. The van der Waals surface area contributed by atoms with Gasteiger partial charge in [-0.15, -0.1) is 0 Å². The van der Waals surface area contributed by atoms with Crippen LogP contribution in [0, 0.1) is 17.0 Å². The number of nitrogens with one attached hydrogen (secondary N) is 1. The van der Waals surface area contributed by atoms with Crippen molar-refractivity contribution in [3.05, 3.63) is 69.8 Å². The SMILES string of the molecule is CCCNC(=O)[C@H](C)N(Cc1ccccc1C)C(=O)CN(c1cccc([N+](=O)[O-])c1)S(C)(=O)=O. The number of amides is 2.